The van der Waals surface area contributed by atoms with Crippen LogP contribution in [0.2, 0.25) is 0 Å². The number of amides is 1. The minimum absolute atomic E-state index is 0.684. The molecule has 0 radical (unpaired) electrons. The van der Waals surface area contributed by atoms with Crippen LogP contribution in [0.25, 0.3) is 21.1 Å². The zero-order chi connectivity index (χ0) is 19.3. The van der Waals surface area contributed by atoms with Crippen LogP contribution in [0.1, 0.15) is 4.88 Å². The van der Waals surface area contributed by atoms with Crippen molar-refractivity contribution in [3.63, 3.8) is 0 Å². The molecule has 1 saturated heterocycles. The fraction of sp³-hybridized carbons (Fsp3) is 0.238. The zero-order valence-electron chi connectivity index (χ0n) is 15.6. The van der Waals surface area contributed by atoms with Gasteiger partial charge in [0.15, 0.2) is 0 Å². The molecule has 0 aliphatic carbocycles. The van der Waals surface area contributed by atoms with Gasteiger partial charge in [0.25, 0.3) is 0 Å². The Balaban J connectivity index is 0.000000138. The van der Waals surface area contributed by atoms with Gasteiger partial charge in [-0.25, -0.2) is 4.98 Å². The molecule has 144 valence electrons. The van der Waals surface area contributed by atoms with Crippen LogP contribution in [0, 0.1) is 6.92 Å². The van der Waals surface area contributed by atoms with Gasteiger partial charge in [0, 0.05) is 57.2 Å². The van der Waals surface area contributed by atoms with Gasteiger partial charge in [0.05, 0.1) is 13.2 Å². The lowest BCUT2D eigenvalue weighted by Gasteiger charge is -2.28. The van der Waals surface area contributed by atoms with E-state index in [0.29, 0.717) is 6.41 Å². The summed E-state index contributed by atoms with van der Waals surface area (Å²) in [7, 11) is 0. The van der Waals surface area contributed by atoms with Crippen LogP contribution in [-0.2, 0) is 9.53 Å². The first-order chi connectivity index (χ1) is 13.7. The van der Waals surface area contributed by atoms with Gasteiger partial charge in [-0.05, 0) is 43.3 Å². The van der Waals surface area contributed by atoms with Crippen molar-refractivity contribution in [2.45, 2.75) is 6.92 Å². The summed E-state index contributed by atoms with van der Waals surface area (Å²) in [6, 6.07) is 12.1. The molecule has 1 aliphatic rings. The highest BCUT2D eigenvalue weighted by Gasteiger charge is 2.10. The largest absolute Gasteiger partial charge is 0.378 e. The quantitative estimate of drug-likeness (QED) is 0.512. The number of benzene rings is 1. The van der Waals surface area contributed by atoms with Crippen molar-refractivity contribution in [2.24, 2.45) is 0 Å². The Morgan fingerprint density at radius 3 is 2.75 bits per heavy atom. The smallest absolute Gasteiger partial charge is 0.211 e. The number of morpholine rings is 1. The zero-order valence-corrected chi connectivity index (χ0v) is 16.5. The predicted octanol–water partition coefficient (Wildman–Crippen LogP) is 4.18. The number of thiophene rings is 1. The van der Waals surface area contributed by atoms with Crippen LogP contribution in [0.3, 0.4) is 0 Å². The molecule has 7 heteroatoms. The minimum atomic E-state index is 0.684. The van der Waals surface area contributed by atoms with Crippen molar-refractivity contribution in [1.29, 1.82) is 0 Å². The first kappa shape index (κ1) is 18.5. The summed E-state index contributed by atoms with van der Waals surface area (Å²) in [4.78, 5) is 21.3. The number of hydrogen-bond donors (Lipinski definition) is 2. The minimum Gasteiger partial charge on any atom is -0.378 e. The highest BCUT2D eigenvalue weighted by Crippen LogP contribution is 2.30. The number of rotatable bonds is 3. The number of carbonyl (C=O) groups is 1. The molecule has 1 amide bonds. The van der Waals surface area contributed by atoms with Crippen molar-refractivity contribution in [1.82, 2.24) is 9.97 Å². The van der Waals surface area contributed by atoms with E-state index in [1.165, 1.54) is 26.0 Å². The van der Waals surface area contributed by atoms with Gasteiger partial charge in [0.1, 0.15) is 5.65 Å². The van der Waals surface area contributed by atoms with E-state index >= 15 is 0 Å². The lowest BCUT2D eigenvalue weighted by Crippen LogP contribution is -2.36. The third kappa shape index (κ3) is 4.00. The van der Waals surface area contributed by atoms with Crippen LogP contribution in [0.4, 0.5) is 11.4 Å². The Labute approximate surface area is 167 Å². The van der Waals surface area contributed by atoms with Gasteiger partial charge in [-0.3, -0.25) is 4.79 Å². The Morgan fingerprint density at radius 1 is 1.21 bits per heavy atom. The number of hydrogen-bond acceptors (Lipinski definition) is 5. The monoisotopic (exact) mass is 394 g/mol. The van der Waals surface area contributed by atoms with Crippen LogP contribution in [0.5, 0.6) is 0 Å². The number of aryl methyl sites for hydroxylation is 1. The van der Waals surface area contributed by atoms with E-state index in [9.17, 15) is 4.79 Å². The molecule has 3 aromatic heterocycles. The van der Waals surface area contributed by atoms with E-state index in [1.54, 1.807) is 0 Å². The van der Waals surface area contributed by atoms with Crippen molar-refractivity contribution in [2.75, 3.05) is 36.5 Å². The van der Waals surface area contributed by atoms with Crippen molar-refractivity contribution in [3.05, 3.63) is 53.7 Å². The molecule has 1 fully saturated rings. The van der Waals surface area contributed by atoms with E-state index in [-0.39, 0.29) is 0 Å². The highest BCUT2D eigenvalue weighted by atomic mass is 32.1. The summed E-state index contributed by atoms with van der Waals surface area (Å²) < 4.78 is 6.62. The number of nitrogens with zero attached hydrogens (tertiary/aromatic N) is 2. The molecule has 2 N–H and O–H groups in total. The van der Waals surface area contributed by atoms with Gasteiger partial charge >= 0.3 is 0 Å². The summed E-state index contributed by atoms with van der Waals surface area (Å²) in [5.41, 5.74) is 2.98. The Morgan fingerprint density at radius 2 is 2.00 bits per heavy atom. The lowest BCUT2D eigenvalue weighted by atomic mass is 10.2. The number of anilines is 2. The molecule has 4 aromatic rings. The van der Waals surface area contributed by atoms with Gasteiger partial charge in [-0.15, -0.1) is 11.3 Å². The summed E-state index contributed by atoms with van der Waals surface area (Å²) in [6.07, 6.45) is 4.55. The highest BCUT2D eigenvalue weighted by molar-refractivity contribution is 7.20. The third-order valence-corrected chi connectivity index (χ3v) is 5.76. The standard InChI is InChI=1S/C11H14N2O2.C10H8N2S/c14-9-12-10-1-3-11(4-2-10)13-5-7-15-8-6-13;1-6-4-7-5-12-10-8(2-3-11-10)9(7)13-6/h1-4,9H,5-8H2,(H,12,14);2-5H,1H3,(H,11,12). The normalized spacial score (nSPS) is 14.0. The summed E-state index contributed by atoms with van der Waals surface area (Å²) in [5, 5.41) is 5.09. The second-order valence-electron chi connectivity index (χ2n) is 6.55. The molecular weight excluding hydrogens is 372 g/mol. The van der Waals surface area contributed by atoms with E-state index in [4.69, 9.17) is 4.74 Å². The number of nitrogens with one attached hydrogen (secondary N) is 2. The Hall–Kier alpha value is -2.90. The molecule has 28 heavy (non-hydrogen) atoms. The number of aromatic amines is 1. The van der Waals surface area contributed by atoms with Gasteiger partial charge in [-0.1, -0.05) is 0 Å². The van der Waals surface area contributed by atoms with Crippen molar-refractivity contribution in [3.8, 4) is 0 Å². The first-order valence-electron chi connectivity index (χ1n) is 9.20. The van der Waals surface area contributed by atoms with Crippen LogP contribution >= 0.6 is 11.3 Å². The molecule has 5 rings (SSSR count). The fourth-order valence-electron chi connectivity index (χ4n) is 3.28. The second kappa shape index (κ2) is 8.41. The van der Waals surface area contributed by atoms with Crippen molar-refractivity contribution < 1.29 is 9.53 Å². The van der Waals surface area contributed by atoms with E-state index in [2.05, 4.69) is 39.2 Å². The molecule has 1 aromatic carbocycles. The predicted molar refractivity (Wildman–Crippen MR) is 115 cm³/mol. The number of pyridine rings is 1. The van der Waals surface area contributed by atoms with E-state index in [1.807, 2.05) is 48.0 Å². The van der Waals surface area contributed by atoms with E-state index in [0.717, 1.165) is 37.6 Å². The molecule has 0 atom stereocenters. The number of aromatic nitrogens is 2. The van der Waals surface area contributed by atoms with Crippen LogP contribution in [0.15, 0.2) is 48.8 Å². The molecule has 1 aliphatic heterocycles. The summed E-state index contributed by atoms with van der Waals surface area (Å²) in [6.45, 7) is 5.56. The maximum Gasteiger partial charge on any atom is 0.211 e. The summed E-state index contributed by atoms with van der Waals surface area (Å²) >= 11 is 1.83. The second-order valence-corrected chi connectivity index (χ2v) is 7.80. The summed E-state index contributed by atoms with van der Waals surface area (Å²) in [5.74, 6) is 0. The molecule has 6 nitrogen and oxygen atoms in total. The topological polar surface area (TPSA) is 70.2 Å². The van der Waals surface area contributed by atoms with Crippen molar-refractivity contribution >= 4 is 50.2 Å². The molecule has 4 heterocycles. The van der Waals surface area contributed by atoms with Gasteiger partial charge in [-0.2, -0.15) is 0 Å². The SMILES string of the molecule is Cc1cc2cnc3[nH]ccc3c2s1.O=CNc1ccc(N2CCOCC2)cc1. The average molecular weight is 395 g/mol. The molecular formula is C21H22N4O2S. The molecule has 0 saturated carbocycles. The Kier molecular flexibility index (Phi) is 5.55. The number of H-pyrrole nitrogens is 1. The first-order valence-corrected chi connectivity index (χ1v) is 10.0. The molecule has 0 bridgehead atoms. The number of carbonyl (C=O) groups excluding carboxylic acids is 1. The Bertz CT molecular complexity index is 1070. The van der Waals surface area contributed by atoms with Gasteiger partial charge in [0.2, 0.25) is 6.41 Å². The third-order valence-electron chi connectivity index (χ3n) is 4.66. The van der Waals surface area contributed by atoms with E-state index < -0.39 is 0 Å². The fourth-order valence-corrected chi connectivity index (χ4v) is 4.30. The lowest BCUT2D eigenvalue weighted by molar-refractivity contribution is -0.105. The molecule has 0 unspecified atom stereocenters. The number of fused-ring (bicyclic) bond motifs is 3. The maximum atomic E-state index is 10.2. The van der Waals surface area contributed by atoms with Crippen LogP contribution in [-0.4, -0.2) is 42.7 Å². The number of ether oxygens (including phenoxy) is 1. The maximum absolute atomic E-state index is 10.2. The van der Waals surface area contributed by atoms with Gasteiger partial charge < -0.3 is 19.9 Å². The van der Waals surface area contributed by atoms with Crippen LogP contribution < -0.4 is 10.2 Å². The average Bonchev–Trinajstić information content (AvgIpc) is 3.35. The molecule has 0 spiro atoms.